The first kappa shape index (κ1) is 27.0. The van der Waals surface area contributed by atoms with Gasteiger partial charge in [0.05, 0.1) is 10.6 Å². The molecule has 2 amide bonds. The van der Waals surface area contributed by atoms with E-state index in [4.69, 9.17) is 21.1 Å². The maximum Gasteiger partial charge on any atom is 0.356 e. The third-order valence-corrected chi connectivity index (χ3v) is 6.81. The van der Waals surface area contributed by atoms with Crippen LogP contribution < -0.4 is 5.32 Å². The smallest absolute Gasteiger partial charge is 0.356 e. The van der Waals surface area contributed by atoms with E-state index < -0.39 is 52.0 Å². The second-order valence-electron chi connectivity index (χ2n) is 10.2. The summed E-state index contributed by atoms with van der Waals surface area (Å²) < 4.78 is 11.3. The predicted molar refractivity (Wildman–Crippen MR) is 130 cm³/mol. The molecule has 9 nitrogen and oxygen atoms in total. The number of aliphatic carboxylic acids is 1. The number of carbonyl (C=O) groups is 4. The van der Waals surface area contributed by atoms with Gasteiger partial charge in [0, 0.05) is 11.3 Å². The zero-order valence-electron chi connectivity index (χ0n) is 20.4. The van der Waals surface area contributed by atoms with E-state index in [9.17, 15) is 24.3 Å². The number of β-lactam (4-membered cyclic amide) rings is 1. The van der Waals surface area contributed by atoms with Crippen molar-refractivity contribution < 1.29 is 33.8 Å². The molecule has 0 aliphatic carbocycles. The molecule has 0 radical (unpaired) electrons. The monoisotopic (exact) mass is 524 g/mol. The van der Waals surface area contributed by atoms with Crippen LogP contribution in [-0.4, -0.2) is 62.1 Å². The Labute approximate surface area is 213 Å². The van der Waals surface area contributed by atoms with Gasteiger partial charge in [-0.25, -0.2) is 9.59 Å². The molecule has 3 rings (SSSR count). The van der Waals surface area contributed by atoms with Gasteiger partial charge in [0.25, 0.3) is 17.4 Å². The average Bonchev–Trinajstić information content (AvgIpc) is 2.73. The number of hydrogen-bond donors (Lipinski definition) is 2. The lowest BCUT2D eigenvalue weighted by Gasteiger charge is -2.50. The minimum Gasteiger partial charge on any atom is -0.478 e. The van der Waals surface area contributed by atoms with Crippen molar-refractivity contribution in [2.24, 2.45) is 0 Å². The summed E-state index contributed by atoms with van der Waals surface area (Å²) in [6, 6.07) is 6.75. The SMILES string of the molecule is CC(C)(C)OC(=O)C1=C(Cl)CS[C@@H]2C(NC(=O)C(OC(C)(C)C)(C(=O)O)c3ccccc3)C(=O)N12. The molecule has 11 heteroatoms. The maximum atomic E-state index is 13.5. The first-order chi connectivity index (χ1) is 16.1. The van der Waals surface area contributed by atoms with Gasteiger partial charge in [-0.3, -0.25) is 14.5 Å². The highest BCUT2D eigenvalue weighted by Crippen LogP contribution is 2.43. The van der Waals surface area contributed by atoms with Gasteiger partial charge in [0.2, 0.25) is 0 Å². The fourth-order valence-electron chi connectivity index (χ4n) is 3.77. The molecule has 1 saturated heterocycles. The molecule has 0 aromatic heterocycles. The van der Waals surface area contributed by atoms with Crippen LogP contribution in [0.15, 0.2) is 41.1 Å². The maximum absolute atomic E-state index is 13.5. The highest BCUT2D eigenvalue weighted by molar-refractivity contribution is 8.00. The number of rotatable bonds is 6. The van der Waals surface area contributed by atoms with Gasteiger partial charge >= 0.3 is 11.9 Å². The summed E-state index contributed by atoms with van der Waals surface area (Å²) in [5.41, 5.74) is -4.18. The molecule has 2 aliphatic heterocycles. The Morgan fingerprint density at radius 2 is 1.69 bits per heavy atom. The van der Waals surface area contributed by atoms with Gasteiger partial charge in [-0.15, -0.1) is 11.8 Å². The van der Waals surface area contributed by atoms with E-state index in [1.807, 2.05) is 0 Å². The van der Waals surface area contributed by atoms with Gasteiger partial charge in [-0.05, 0) is 41.5 Å². The van der Waals surface area contributed by atoms with Crippen LogP contribution in [0.2, 0.25) is 0 Å². The van der Waals surface area contributed by atoms with E-state index in [1.165, 1.54) is 28.8 Å². The average molecular weight is 525 g/mol. The Kier molecular flexibility index (Phi) is 7.32. The number of thioether (sulfide) groups is 1. The number of carboxylic acids is 1. The zero-order chi connectivity index (χ0) is 26.3. The summed E-state index contributed by atoms with van der Waals surface area (Å²) in [6.45, 7) is 9.98. The van der Waals surface area contributed by atoms with Crippen molar-refractivity contribution >= 4 is 47.1 Å². The second kappa shape index (κ2) is 9.48. The van der Waals surface area contributed by atoms with Gasteiger partial charge in [-0.2, -0.15) is 0 Å². The van der Waals surface area contributed by atoms with Crippen LogP contribution in [0.3, 0.4) is 0 Å². The van der Waals surface area contributed by atoms with Gasteiger partial charge in [0.1, 0.15) is 22.7 Å². The van der Waals surface area contributed by atoms with Crippen molar-refractivity contribution in [3.63, 3.8) is 0 Å². The van der Waals surface area contributed by atoms with Crippen LogP contribution in [-0.2, 0) is 34.3 Å². The lowest BCUT2D eigenvalue weighted by molar-refractivity contribution is -0.194. The Hall–Kier alpha value is -2.56. The first-order valence-electron chi connectivity index (χ1n) is 11.0. The van der Waals surface area contributed by atoms with Crippen LogP contribution in [0.4, 0.5) is 0 Å². The predicted octanol–water partition coefficient (Wildman–Crippen LogP) is 2.97. The molecule has 0 saturated carbocycles. The van der Waals surface area contributed by atoms with Crippen LogP contribution in [0.1, 0.15) is 47.1 Å². The Morgan fingerprint density at radius 1 is 1.09 bits per heavy atom. The fourth-order valence-corrected chi connectivity index (χ4v) is 5.32. The second-order valence-corrected chi connectivity index (χ2v) is 11.7. The van der Waals surface area contributed by atoms with Gasteiger partial charge in [0.15, 0.2) is 0 Å². The van der Waals surface area contributed by atoms with Gasteiger partial charge < -0.3 is 19.9 Å². The molecule has 190 valence electrons. The molecule has 2 N–H and O–H groups in total. The Balaban J connectivity index is 1.91. The van der Waals surface area contributed by atoms with Crippen molar-refractivity contribution in [3.8, 4) is 0 Å². The fraction of sp³-hybridized carbons (Fsp3) is 0.500. The highest BCUT2D eigenvalue weighted by Gasteiger charge is 2.58. The molecule has 0 spiro atoms. The molecular formula is C24H29ClN2O7S. The summed E-state index contributed by atoms with van der Waals surface area (Å²) in [5, 5.41) is 12.3. The van der Waals surface area contributed by atoms with Crippen molar-refractivity contribution in [1.82, 2.24) is 10.2 Å². The number of carbonyl (C=O) groups excluding carboxylic acids is 3. The minimum absolute atomic E-state index is 0.0701. The number of amides is 2. The molecule has 2 unspecified atom stereocenters. The van der Waals surface area contributed by atoms with E-state index in [2.05, 4.69) is 5.32 Å². The third kappa shape index (κ3) is 5.34. The molecule has 2 heterocycles. The van der Waals surface area contributed by atoms with Crippen LogP contribution in [0, 0.1) is 0 Å². The minimum atomic E-state index is -2.40. The number of nitrogens with zero attached hydrogens (tertiary/aromatic N) is 1. The van der Waals surface area contributed by atoms with E-state index in [0.717, 1.165) is 0 Å². The molecule has 1 fully saturated rings. The van der Waals surface area contributed by atoms with E-state index in [0.29, 0.717) is 0 Å². The van der Waals surface area contributed by atoms with E-state index in [-0.39, 0.29) is 22.0 Å². The third-order valence-electron chi connectivity index (χ3n) is 5.06. The normalized spacial score (nSPS) is 22.0. The largest absolute Gasteiger partial charge is 0.478 e. The number of nitrogens with one attached hydrogen (secondary N) is 1. The Bertz CT molecular complexity index is 1080. The number of benzene rings is 1. The standard InChI is InChI=1S/C24H29ClN2O7S/c1-22(2,3)33-19(29)16-14(25)12-35-18-15(17(28)27(16)18)26-20(30)24(21(31)32,34-23(4,5)6)13-10-8-7-9-11-13/h7-11,15,18H,12H2,1-6H3,(H,26,30)(H,31,32)/t15?,18-,24?/m1/s1. The summed E-state index contributed by atoms with van der Waals surface area (Å²) in [7, 11) is 0. The molecule has 0 bridgehead atoms. The summed E-state index contributed by atoms with van der Waals surface area (Å²) >= 11 is 7.51. The molecule has 1 aromatic carbocycles. The summed E-state index contributed by atoms with van der Waals surface area (Å²) in [6.07, 6.45) is 0. The molecule has 1 aromatic rings. The number of ether oxygens (including phenoxy) is 2. The van der Waals surface area contributed by atoms with E-state index in [1.54, 1.807) is 59.7 Å². The number of hydrogen-bond acceptors (Lipinski definition) is 7. The van der Waals surface area contributed by atoms with Crippen LogP contribution >= 0.6 is 23.4 Å². The van der Waals surface area contributed by atoms with Crippen molar-refractivity contribution in [1.29, 1.82) is 0 Å². The lowest BCUT2D eigenvalue weighted by Crippen LogP contribution is -2.72. The molecule has 2 aliphatic rings. The highest BCUT2D eigenvalue weighted by atomic mass is 35.5. The van der Waals surface area contributed by atoms with Gasteiger partial charge in [-0.1, -0.05) is 41.9 Å². The molecule has 3 atom stereocenters. The molecular weight excluding hydrogens is 496 g/mol. The Morgan fingerprint density at radius 3 is 2.20 bits per heavy atom. The number of carboxylic acid groups (broad SMARTS) is 1. The van der Waals surface area contributed by atoms with Crippen LogP contribution in [0.5, 0.6) is 0 Å². The number of fused-ring (bicyclic) bond motifs is 1. The van der Waals surface area contributed by atoms with Crippen molar-refractivity contribution in [2.45, 2.75) is 69.8 Å². The quantitative estimate of drug-likeness (QED) is 0.331. The first-order valence-corrected chi connectivity index (χ1v) is 12.4. The topological polar surface area (TPSA) is 122 Å². The van der Waals surface area contributed by atoms with Crippen molar-refractivity contribution in [2.75, 3.05) is 5.75 Å². The molecule has 35 heavy (non-hydrogen) atoms. The zero-order valence-corrected chi connectivity index (χ0v) is 22.0. The summed E-state index contributed by atoms with van der Waals surface area (Å²) in [4.78, 5) is 53.1. The summed E-state index contributed by atoms with van der Waals surface area (Å²) in [5.74, 6) is -3.64. The van der Waals surface area contributed by atoms with E-state index >= 15 is 0 Å². The van der Waals surface area contributed by atoms with Crippen molar-refractivity contribution in [3.05, 3.63) is 46.6 Å². The van der Waals surface area contributed by atoms with Crippen LogP contribution in [0.25, 0.3) is 0 Å². The number of esters is 1. The lowest BCUT2D eigenvalue weighted by atomic mass is 9.90. The number of halogens is 1.